The zero-order valence-corrected chi connectivity index (χ0v) is 21.3. The summed E-state index contributed by atoms with van der Waals surface area (Å²) < 4.78 is 50.9. The minimum Gasteiger partial charge on any atom is -0.494 e. The summed E-state index contributed by atoms with van der Waals surface area (Å²) in [5, 5.41) is 0.605. The van der Waals surface area contributed by atoms with E-state index in [-0.39, 0.29) is 17.5 Å². The first-order chi connectivity index (χ1) is 18.3. The quantitative estimate of drug-likeness (QED) is 0.485. The van der Waals surface area contributed by atoms with E-state index in [9.17, 15) is 18.0 Å². The van der Waals surface area contributed by atoms with Crippen molar-refractivity contribution in [3.05, 3.63) is 65.9 Å². The third-order valence-corrected chi connectivity index (χ3v) is 7.27. The van der Waals surface area contributed by atoms with Gasteiger partial charge in [-0.3, -0.25) is 9.69 Å². The average molecular weight is 529 g/mol. The van der Waals surface area contributed by atoms with Crippen LogP contribution in [0.5, 0.6) is 5.75 Å². The number of hydrogen-bond donors (Lipinski definition) is 0. The number of nitrogens with zero attached hydrogens (tertiary/aromatic N) is 4. The van der Waals surface area contributed by atoms with Gasteiger partial charge in [0, 0.05) is 49.8 Å². The number of hydrogen-bond acceptors (Lipinski definition) is 6. The Morgan fingerprint density at radius 2 is 1.79 bits per heavy atom. The van der Waals surface area contributed by atoms with Crippen LogP contribution in [-0.4, -0.2) is 86.3 Å². The molecule has 1 amide bonds. The number of fused-ring (bicyclic) bond motifs is 1. The Morgan fingerprint density at radius 3 is 2.50 bits per heavy atom. The smallest absolute Gasteiger partial charge is 0.433 e. The topological polar surface area (TPSA) is 58.1 Å². The SMILES string of the molecule is COc1ccc(N2CCN(CC(=O)N3CCOCC3)[C@@H](Cc3ccccc3)C2)c2ccc(C(F)(F)F)nc12. The largest absolute Gasteiger partial charge is 0.494 e. The first-order valence-corrected chi connectivity index (χ1v) is 12.8. The van der Waals surface area contributed by atoms with E-state index in [1.807, 2.05) is 29.2 Å². The Morgan fingerprint density at radius 1 is 1.03 bits per heavy atom. The van der Waals surface area contributed by atoms with E-state index in [4.69, 9.17) is 9.47 Å². The second-order valence-corrected chi connectivity index (χ2v) is 9.63. The Hall–Kier alpha value is -3.37. The molecule has 5 rings (SSSR count). The Balaban J connectivity index is 1.43. The second-order valence-electron chi connectivity index (χ2n) is 9.63. The number of benzene rings is 2. The molecule has 10 heteroatoms. The Kier molecular flexibility index (Phi) is 7.71. The van der Waals surface area contributed by atoms with Gasteiger partial charge in [-0.1, -0.05) is 30.3 Å². The molecule has 2 fully saturated rings. The fourth-order valence-corrected chi connectivity index (χ4v) is 5.26. The van der Waals surface area contributed by atoms with Gasteiger partial charge in [0.25, 0.3) is 0 Å². The highest BCUT2D eigenvalue weighted by molar-refractivity contribution is 5.96. The van der Waals surface area contributed by atoms with Crippen LogP contribution in [0.3, 0.4) is 0 Å². The predicted octanol–water partition coefficient (Wildman–Crippen LogP) is 3.85. The number of pyridine rings is 1. The molecule has 2 aliphatic heterocycles. The molecule has 1 aromatic heterocycles. The number of aromatic nitrogens is 1. The van der Waals surface area contributed by atoms with Gasteiger partial charge in [0.1, 0.15) is 17.0 Å². The number of carbonyl (C=O) groups excluding carboxylic acids is 1. The van der Waals surface area contributed by atoms with Gasteiger partial charge in [-0.05, 0) is 36.2 Å². The molecule has 3 heterocycles. The van der Waals surface area contributed by atoms with Crippen molar-refractivity contribution in [3.8, 4) is 5.75 Å². The maximum atomic E-state index is 13.4. The van der Waals surface area contributed by atoms with Gasteiger partial charge in [-0.2, -0.15) is 13.2 Å². The number of morpholine rings is 1. The van der Waals surface area contributed by atoms with Crippen LogP contribution in [-0.2, 0) is 22.1 Å². The van der Waals surface area contributed by atoms with E-state index in [0.29, 0.717) is 63.6 Å². The van der Waals surface area contributed by atoms with Crippen LogP contribution >= 0.6 is 0 Å². The van der Waals surface area contributed by atoms with E-state index in [0.717, 1.165) is 18.2 Å². The van der Waals surface area contributed by atoms with Crippen molar-refractivity contribution in [2.45, 2.75) is 18.6 Å². The summed E-state index contributed by atoms with van der Waals surface area (Å²) in [7, 11) is 1.43. The molecule has 0 aliphatic carbocycles. The summed E-state index contributed by atoms with van der Waals surface area (Å²) in [5.41, 5.74) is 1.21. The lowest BCUT2D eigenvalue weighted by atomic mass is 10.0. The number of ether oxygens (including phenoxy) is 2. The standard InChI is InChI=1S/C28H31F3N4O3/c1-37-24-9-8-23(22-7-10-25(28(29,30)31)32-27(22)24)35-12-11-34(19-26(36)33-13-15-38-16-14-33)21(18-35)17-20-5-3-2-4-6-20/h2-10,21H,11-19H2,1H3/t21-/m0/s1. The van der Waals surface area contributed by atoms with E-state index in [2.05, 4.69) is 26.9 Å². The molecular weight excluding hydrogens is 497 g/mol. The Bertz CT molecular complexity index is 1270. The van der Waals surface area contributed by atoms with Crippen LogP contribution in [0.2, 0.25) is 0 Å². The number of halogens is 3. The van der Waals surface area contributed by atoms with E-state index in [1.165, 1.54) is 18.7 Å². The van der Waals surface area contributed by atoms with Crippen LogP contribution in [0, 0.1) is 0 Å². The van der Waals surface area contributed by atoms with E-state index in [1.54, 1.807) is 6.07 Å². The summed E-state index contributed by atoms with van der Waals surface area (Å²) in [5.74, 6) is 0.393. The minimum atomic E-state index is -4.55. The van der Waals surface area contributed by atoms with E-state index < -0.39 is 11.9 Å². The minimum absolute atomic E-state index is 0.0377. The highest BCUT2D eigenvalue weighted by atomic mass is 19.4. The number of amides is 1. The van der Waals surface area contributed by atoms with Crippen LogP contribution in [0.25, 0.3) is 10.9 Å². The highest BCUT2D eigenvalue weighted by Crippen LogP contribution is 2.37. The summed E-state index contributed by atoms with van der Waals surface area (Å²) in [4.78, 5) is 23.3. The molecule has 7 nitrogen and oxygen atoms in total. The molecule has 0 bridgehead atoms. The molecular formula is C28H31F3N4O3. The molecule has 1 atom stereocenters. The lowest BCUT2D eigenvalue weighted by molar-refractivity contribution is -0.141. The fraction of sp³-hybridized carbons (Fsp3) is 0.429. The molecule has 38 heavy (non-hydrogen) atoms. The summed E-state index contributed by atoms with van der Waals surface area (Å²) in [6.45, 7) is 4.54. The molecule has 0 saturated carbocycles. The van der Waals surface area contributed by atoms with Crippen LogP contribution in [0.1, 0.15) is 11.3 Å². The first-order valence-electron chi connectivity index (χ1n) is 12.8. The fourth-order valence-electron chi connectivity index (χ4n) is 5.26. The maximum absolute atomic E-state index is 13.4. The van der Waals surface area contributed by atoms with Gasteiger partial charge in [-0.25, -0.2) is 4.98 Å². The zero-order valence-electron chi connectivity index (χ0n) is 21.3. The number of piperazine rings is 1. The van der Waals surface area contributed by atoms with Crippen molar-refractivity contribution >= 4 is 22.5 Å². The molecule has 202 valence electrons. The lowest BCUT2D eigenvalue weighted by Gasteiger charge is -2.43. The van der Waals surface area contributed by atoms with Gasteiger partial charge >= 0.3 is 6.18 Å². The number of anilines is 1. The maximum Gasteiger partial charge on any atom is 0.433 e. The average Bonchev–Trinajstić information content (AvgIpc) is 2.93. The first kappa shape index (κ1) is 26.2. The number of rotatable bonds is 6. The van der Waals surface area contributed by atoms with E-state index >= 15 is 0 Å². The van der Waals surface area contributed by atoms with Gasteiger partial charge in [-0.15, -0.1) is 0 Å². The zero-order chi connectivity index (χ0) is 26.7. The van der Waals surface area contributed by atoms with Crippen molar-refractivity contribution < 1.29 is 27.4 Å². The molecule has 0 unspecified atom stereocenters. The predicted molar refractivity (Wildman–Crippen MR) is 138 cm³/mol. The molecule has 2 aromatic carbocycles. The van der Waals surface area contributed by atoms with Gasteiger partial charge in [0.15, 0.2) is 0 Å². The third kappa shape index (κ3) is 5.71. The molecule has 0 radical (unpaired) electrons. The van der Waals surface area contributed by atoms with Crippen molar-refractivity contribution in [2.75, 3.05) is 64.5 Å². The van der Waals surface area contributed by atoms with Crippen molar-refractivity contribution in [3.63, 3.8) is 0 Å². The van der Waals surface area contributed by atoms with Gasteiger partial charge < -0.3 is 19.3 Å². The monoisotopic (exact) mass is 528 g/mol. The molecule has 0 spiro atoms. The van der Waals surface area contributed by atoms with Crippen molar-refractivity contribution in [1.29, 1.82) is 0 Å². The van der Waals surface area contributed by atoms with Crippen LogP contribution in [0.4, 0.5) is 18.9 Å². The molecule has 2 aliphatic rings. The number of carbonyl (C=O) groups is 1. The summed E-state index contributed by atoms with van der Waals surface area (Å²) in [6, 6.07) is 16.2. The molecule has 3 aromatic rings. The highest BCUT2D eigenvalue weighted by Gasteiger charge is 2.34. The third-order valence-electron chi connectivity index (χ3n) is 7.27. The van der Waals surface area contributed by atoms with Crippen molar-refractivity contribution in [2.24, 2.45) is 0 Å². The van der Waals surface area contributed by atoms with Crippen LogP contribution in [0.15, 0.2) is 54.6 Å². The van der Waals surface area contributed by atoms with Gasteiger partial charge in [0.05, 0.1) is 26.9 Å². The van der Waals surface area contributed by atoms with Crippen LogP contribution < -0.4 is 9.64 Å². The summed E-state index contributed by atoms with van der Waals surface area (Å²) in [6.07, 6.45) is -3.80. The number of alkyl halides is 3. The molecule has 2 saturated heterocycles. The normalized spacial score (nSPS) is 19.1. The lowest BCUT2D eigenvalue weighted by Crippen LogP contribution is -2.57. The Labute approximate surface area is 219 Å². The van der Waals surface area contributed by atoms with Crippen molar-refractivity contribution in [1.82, 2.24) is 14.8 Å². The molecule has 0 N–H and O–H groups in total. The summed E-state index contributed by atoms with van der Waals surface area (Å²) >= 11 is 0. The number of methoxy groups -OCH3 is 1. The van der Waals surface area contributed by atoms with Gasteiger partial charge in [0.2, 0.25) is 5.91 Å². The second kappa shape index (κ2) is 11.2.